The molecular weight excluding hydrogens is 258 g/mol. The fourth-order valence-corrected chi connectivity index (χ4v) is 1.83. The van der Waals surface area contributed by atoms with Gasteiger partial charge in [-0.2, -0.15) is 0 Å². The number of aryl methyl sites for hydroxylation is 1. The fraction of sp³-hybridized carbons (Fsp3) is 0.286. The van der Waals surface area contributed by atoms with Crippen molar-refractivity contribution in [2.75, 3.05) is 14.2 Å². The number of amides is 1. The Morgan fingerprint density at radius 1 is 1.35 bits per heavy atom. The number of ether oxygens (including phenoxy) is 2. The molecular formula is C14H17N3O3. The third kappa shape index (κ3) is 3.09. The molecule has 0 aliphatic carbocycles. The average molecular weight is 275 g/mol. The van der Waals surface area contributed by atoms with Crippen molar-refractivity contribution in [3.8, 4) is 11.6 Å². The molecule has 0 fully saturated rings. The average Bonchev–Trinajstić information content (AvgIpc) is 2.86. The molecule has 1 aromatic heterocycles. The monoisotopic (exact) mass is 275 g/mol. The van der Waals surface area contributed by atoms with Crippen LogP contribution in [0.1, 0.15) is 15.9 Å². The molecule has 6 nitrogen and oxygen atoms in total. The number of aromatic nitrogens is 2. The van der Waals surface area contributed by atoms with Crippen molar-refractivity contribution in [3.05, 3.63) is 41.6 Å². The van der Waals surface area contributed by atoms with E-state index in [1.807, 2.05) is 24.3 Å². The zero-order chi connectivity index (χ0) is 14.5. The van der Waals surface area contributed by atoms with Crippen LogP contribution in [-0.2, 0) is 13.6 Å². The topological polar surface area (TPSA) is 65.4 Å². The van der Waals surface area contributed by atoms with E-state index < -0.39 is 0 Å². The quantitative estimate of drug-likeness (QED) is 0.895. The van der Waals surface area contributed by atoms with E-state index in [2.05, 4.69) is 10.4 Å². The number of hydrogen-bond acceptors (Lipinski definition) is 4. The molecule has 0 saturated carbocycles. The summed E-state index contributed by atoms with van der Waals surface area (Å²) < 4.78 is 11.7. The summed E-state index contributed by atoms with van der Waals surface area (Å²) >= 11 is 0. The molecule has 1 N–H and O–H groups in total. The largest absolute Gasteiger partial charge is 0.497 e. The van der Waals surface area contributed by atoms with E-state index in [-0.39, 0.29) is 5.91 Å². The van der Waals surface area contributed by atoms with Crippen molar-refractivity contribution < 1.29 is 14.3 Å². The molecule has 1 aromatic carbocycles. The van der Waals surface area contributed by atoms with E-state index in [1.54, 1.807) is 25.0 Å². The van der Waals surface area contributed by atoms with E-state index in [0.29, 0.717) is 18.0 Å². The molecule has 106 valence electrons. The molecule has 6 heteroatoms. The molecule has 0 unspecified atom stereocenters. The summed E-state index contributed by atoms with van der Waals surface area (Å²) in [5.41, 5.74) is 1.37. The van der Waals surface area contributed by atoms with Gasteiger partial charge >= 0.3 is 0 Å². The summed E-state index contributed by atoms with van der Waals surface area (Å²) in [6, 6.07) is 7.53. The van der Waals surface area contributed by atoms with Crippen molar-refractivity contribution in [1.82, 2.24) is 15.1 Å². The van der Waals surface area contributed by atoms with Gasteiger partial charge in [0.2, 0.25) is 5.88 Å². The van der Waals surface area contributed by atoms with Gasteiger partial charge in [-0.3, -0.25) is 9.48 Å². The Hall–Kier alpha value is -2.50. The van der Waals surface area contributed by atoms with E-state index >= 15 is 0 Å². The van der Waals surface area contributed by atoms with Gasteiger partial charge in [0, 0.05) is 19.8 Å². The predicted octanol–water partition coefficient (Wildman–Crippen LogP) is 1.37. The molecule has 2 rings (SSSR count). The smallest absolute Gasteiger partial charge is 0.258 e. The van der Waals surface area contributed by atoms with Gasteiger partial charge in [-0.1, -0.05) is 12.1 Å². The highest BCUT2D eigenvalue weighted by Gasteiger charge is 2.15. The lowest BCUT2D eigenvalue weighted by Gasteiger charge is -2.06. The van der Waals surface area contributed by atoms with Crippen LogP contribution >= 0.6 is 0 Å². The van der Waals surface area contributed by atoms with Gasteiger partial charge in [0.25, 0.3) is 5.91 Å². The molecule has 20 heavy (non-hydrogen) atoms. The molecule has 1 amide bonds. The van der Waals surface area contributed by atoms with Crippen LogP contribution in [0.5, 0.6) is 11.6 Å². The third-order valence-electron chi connectivity index (χ3n) is 2.82. The summed E-state index contributed by atoms with van der Waals surface area (Å²) in [5.74, 6) is 0.851. The van der Waals surface area contributed by atoms with Crippen LogP contribution in [0.25, 0.3) is 0 Å². The highest BCUT2D eigenvalue weighted by atomic mass is 16.5. The van der Waals surface area contributed by atoms with Gasteiger partial charge in [0.05, 0.1) is 14.2 Å². The van der Waals surface area contributed by atoms with Gasteiger partial charge in [0.15, 0.2) is 0 Å². The van der Waals surface area contributed by atoms with Gasteiger partial charge in [-0.25, -0.2) is 0 Å². The Morgan fingerprint density at radius 3 is 2.85 bits per heavy atom. The normalized spacial score (nSPS) is 10.2. The van der Waals surface area contributed by atoms with Crippen LogP contribution in [0.2, 0.25) is 0 Å². The van der Waals surface area contributed by atoms with Crippen LogP contribution in [0.4, 0.5) is 0 Å². The summed E-state index contributed by atoms with van der Waals surface area (Å²) in [6.07, 6.45) is 1.62. The Kier molecular flexibility index (Phi) is 4.24. The first-order chi connectivity index (χ1) is 9.63. The maximum absolute atomic E-state index is 12.1. The minimum Gasteiger partial charge on any atom is -0.497 e. The maximum atomic E-state index is 12.1. The van der Waals surface area contributed by atoms with Crippen LogP contribution in [0, 0.1) is 0 Å². The molecule has 0 aliphatic rings. The minimum atomic E-state index is -0.224. The number of methoxy groups -OCH3 is 2. The Balaban J connectivity index is 2.04. The second-order valence-corrected chi connectivity index (χ2v) is 4.26. The Morgan fingerprint density at radius 2 is 2.15 bits per heavy atom. The first-order valence-corrected chi connectivity index (χ1v) is 6.13. The summed E-state index contributed by atoms with van der Waals surface area (Å²) in [4.78, 5) is 12.1. The van der Waals surface area contributed by atoms with Gasteiger partial charge < -0.3 is 14.8 Å². The standard InChI is InChI=1S/C14H17N3O3/c1-17-9-12(14(16-17)20-3)13(18)15-8-10-5-4-6-11(7-10)19-2/h4-7,9H,8H2,1-3H3,(H,15,18). The molecule has 0 bridgehead atoms. The lowest BCUT2D eigenvalue weighted by molar-refractivity contribution is 0.0948. The van der Waals surface area contributed by atoms with Crippen molar-refractivity contribution in [2.45, 2.75) is 6.54 Å². The first kappa shape index (κ1) is 13.9. The van der Waals surface area contributed by atoms with E-state index in [4.69, 9.17) is 9.47 Å². The number of benzene rings is 1. The zero-order valence-corrected chi connectivity index (χ0v) is 11.7. The molecule has 0 radical (unpaired) electrons. The van der Waals surface area contributed by atoms with E-state index in [0.717, 1.165) is 11.3 Å². The van der Waals surface area contributed by atoms with Crippen LogP contribution < -0.4 is 14.8 Å². The zero-order valence-electron chi connectivity index (χ0n) is 11.7. The third-order valence-corrected chi connectivity index (χ3v) is 2.82. The molecule has 0 spiro atoms. The highest BCUT2D eigenvalue weighted by Crippen LogP contribution is 2.15. The molecule has 1 heterocycles. The Labute approximate surface area is 117 Å². The number of rotatable bonds is 5. The van der Waals surface area contributed by atoms with E-state index in [1.165, 1.54) is 7.11 Å². The lowest BCUT2D eigenvalue weighted by atomic mass is 10.2. The van der Waals surface area contributed by atoms with Crippen LogP contribution in [-0.4, -0.2) is 29.9 Å². The number of hydrogen-bond donors (Lipinski definition) is 1. The molecule has 2 aromatic rings. The maximum Gasteiger partial charge on any atom is 0.258 e. The Bertz CT molecular complexity index is 607. The van der Waals surface area contributed by atoms with Crippen LogP contribution in [0.3, 0.4) is 0 Å². The SMILES string of the molecule is COc1cccc(CNC(=O)c2cn(C)nc2OC)c1. The van der Waals surface area contributed by atoms with Gasteiger partial charge in [-0.05, 0) is 17.7 Å². The summed E-state index contributed by atoms with van der Waals surface area (Å²) in [5, 5.41) is 6.87. The van der Waals surface area contributed by atoms with Crippen LogP contribution in [0.15, 0.2) is 30.5 Å². The summed E-state index contributed by atoms with van der Waals surface area (Å²) in [6.45, 7) is 0.411. The van der Waals surface area contributed by atoms with Gasteiger partial charge in [-0.15, -0.1) is 5.10 Å². The second-order valence-electron chi connectivity index (χ2n) is 4.26. The van der Waals surface area contributed by atoms with Crippen molar-refractivity contribution in [1.29, 1.82) is 0 Å². The van der Waals surface area contributed by atoms with E-state index in [9.17, 15) is 4.79 Å². The second kappa shape index (κ2) is 6.10. The van der Waals surface area contributed by atoms with Crippen molar-refractivity contribution in [3.63, 3.8) is 0 Å². The highest BCUT2D eigenvalue weighted by molar-refractivity contribution is 5.96. The van der Waals surface area contributed by atoms with Crippen molar-refractivity contribution in [2.24, 2.45) is 7.05 Å². The number of nitrogens with zero attached hydrogens (tertiary/aromatic N) is 2. The number of carbonyl (C=O) groups is 1. The fourth-order valence-electron chi connectivity index (χ4n) is 1.83. The number of nitrogens with one attached hydrogen (secondary N) is 1. The lowest BCUT2D eigenvalue weighted by Crippen LogP contribution is -2.22. The minimum absolute atomic E-state index is 0.224. The molecule has 0 saturated heterocycles. The molecule has 0 atom stereocenters. The summed E-state index contributed by atoms with van der Waals surface area (Å²) in [7, 11) is 4.83. The number of carbonyl (C=O) groups excluding carboxylic acids is 1. The van der Waals surface area contributed by atoms with Gasteiger partial charge in [0.1, 0.15) is 11.3 Å². The first-order valence-electron chi connectivity index (χ1n) is 6.13. The van der Waals surface area contributed by atoms with Crippen molar-refractivity contribution >= 4 is 5.91 Å². The predicted molar refractivity (Wildman–Crippen MR) is 73.9 cm³/mol. The molecule has 0 aliphatic heterocycles.